The summed E-state index contributed by atoms with van der Waals surface area (Å²) < 4.78 is 24.4. The lowest BCUT2D eigenvalue weighted by Gasteiger charge is -2.11. The highest BCUT2D eigenvalue weighted by atomic mass is 19.1. The maximum Gasteiger partial charge on any atom is 0.131 e. The summed E-state index contributed by atoms with van der Waals surface area (Å²) in [5.41, 5.74) is 2.49. The quantitative estimate of drug-likeness (QED) is 0.720. The number of aryl methyl sites for hydroxylation is 1. The van der Waals surface area contributed by atoms with E-state index in [4.69, 9.17) is 9.47 Å². The molecular formula is C18H16FNO2. The standard InChI is InChI=1S/C18H16FNO2/c1-12-8-18(22-11-13-4-3-5-14(19)9-13)16-10-15(21-2)6-7-17(16)20-12/h3-10H,11H2,1-2H3. The van der Waals surface area contributed by atoms with E-state index in [1.54, 1.807) is 13.2 Å². The molecular weight excluding hydrogens is 281 g/mol. The molecule has 1 aromatic heterocycles. The molecule has 0 aliphatic carbocycles. The summed E-state index contributed by atoms with van der Waals surface area (Å²) >= 11 is 0. The number of fused-ring (bicyclic) bond motifs is 1. The molecule has 0 spiro atoms. The van der Waals surface area contributed by atoms with Gasteiger partial charge in [-0.05, 0) is 42.8 Å². The fraction of sp³-hybridized carbons (Fsp3) is 0.167. The van der Waals surface area contributed by atoms with Gasteiger partial charge in [0.2, 0.25) is 0 Å². The van der Waals surface area contributed by atoms with E-state index in [9.17, 15) is 4.39 Å². The first-order chi connectivity index (χ1) is 10.7. The minimum atomic E-state index is -0.265. The Morgan fingerprint density at radius 3 is 2.73 bits per heavy atom. The molecule has 0 radical (unpaired) electrons. The third-order valence-electron chi connectivity index (χ3n) is 3.39. The highest BCUT2D eigenvalue weighted by Gasteiger charge is 2.07. The number of rotatable bonds is 4. The fourth-order valence-corrected chi connectivity index (χ4v) is 2.33. The second-order valence-corrected chi connectivity index (χ2v) is 5.06. The normalized spacial score (nSPS) is 10.7. The first-order valence-electron chi connectivity index (χ1n) is 6.98. The van der Waals surface area contributed by atoms with Crippen LogP contribution < -0.4 is 9.47 Å². The van der Waals surface area contributed by atoms with Crippen LogP contribution in [-0.4, -0.2) is 12.1 Å². The Balaban J connectivity index is 1.95. The van der Waals surface area contributed by atoms with Gasteiger partial charge >= 0.3 is 0 Å². The number of methoxy groups -OCH3 is 1. The van der Waals surface area contributed by atoms with Crippen LogP contribution in [0.25, 0.3) is 10.9 Å². The molecule has 2 aromatic carbocycles. The SMILES string of the molecule is COc1ccc2nc(C)cc(OCc3cccc(F)c3)c2c1. The van der Waals surface area contributed by atoms with Gasteiger partial charge in [0, 0.05) is 17.1 Å². The van der Waals surface area contributed by atoms with Gasteiger partial charge in [0.05, 0.1) is 12.6 Å². The molecule has 3 rings (SSSR count). The predicted octanol–water partition coefficient (Wildman–Crippen LogP) is 4.27. The number of ether oxygens (including phenoxy) is 2. The zero-order valence-corrected chi connectivity index (χ0v) is 12.5. The molecule has 0 aliphatic rings. The molecule has 22 heavy (non-hydrogen) atoms. The highest BCUT2D eigenvalue weighted by molar-refractivity contribution is 5.86. The van der Waals surface area contributed by atoms with Crippen molar-refractivity contribution in [3.05, 3.63) is 65.6 Å². The van der Waals surface area contributed by atoms with E-state index >= 15 is 0 Å². The van der Waals surface area contributed by atoms with Gasteiger partial charge in [-0.3, -0.25) is 4.98 Å². The Hall–Kier alpha value is -2.62. The summed E-state index contributed by atoms with van der Waals surface area (Å²) in [5, 5.41) is 0.876. The molecule has 4 heteroatoms. The second kappa shape index (κ2) is 6.02. The summed E-state index contributed by atoms with van der Waals surface area (Å²) in [6.45, 7) is 2.21. The summed E-state index contributed by atoms with van der Waals surface area (Å²) in [6, 6.07) is 13.9. The average molecular weight is 297 g/mol. The van der Waals surface area contributed by atoms with Crippen molar-refractivity contribution in [1.82, 2.24) is 4.98 Å². The van der Waals surface area contributed by atoms with Gasteiger partial charge in [0.15, 0.2) is 0 Å². The maximum atomic E-state index is 13.2. The summed E-state index contributed by atoms with van der Waals surface area (Å²) in [6.07, 6.45) is 0. The van der Waals surface area contributed by atoms with Crippen LogP contribution in [0.5, 0.6) is 11.5 Å². The van der Waals surface area contributed by atoms with Crippen LogP contribution in [0.15, 0.2) is 48.5 Å². The van der Waals surface area contributed by atoms with E-state index < -0.39 is 0 Å². The molecule has 3 nitrogen and oxygen atoms in total. The van der Waals surface area contributed by atoms with Gasteiger partial charge < -0.3 is 9.47 Å². The Morgan fingerprint density at radius 1 is 1.09 bits per heavy atom. The Bertz CT molecular complexity index is 817. The first-order valence-corrected chi connectivity index (χ1v) is 6.98. The third kappa shape index (κ3) is 3.01. The van der Waals surface area contributed by atoms with Crippen LogP contribution >= 0.6 is 0 Å². The van der Waals surface area contributed by atoms with Crippen LogP contribution in [0.2, 0.25) is 0 Å². The van der Waals surface area contributed by atoms with Crippen molar-refractivity contribution in [2.45, 2.75) is 13.5 Å². The molecule has 0 aliphatic heterocycles. The average Bonchev–Trinajstić information content (AvgIpc) is 2.52. The number of pyridine rings is 1. The van der Waals surface area contributed by atoms with Crippen LogP contribution in [0.3, 0.4) is 0 Å². The molecule has 1 heterocycles. The molecule has 0 N–H and O–H groups in total. The number of hydrogen-bond donors (Lipinski definition) is 0. The lowest BCUT2D eigenvalue weighted by Crippen LogP contribution is -1.98. The largest absolute Gasteiger partial charge is 0.497 e. The van der Waals surface area contributed by atoms with E-state index in [-0.39, 0.29) is 5.82 Å². The molecule has 0 saturated carbocycles. The topological polar surface area (TPSA) is 31.4 Å². The third-order valence-corrected chi connectivity index (χ3v) is 3.39. The molecule has 0 amide bonds. The zero-order valence-electron chi connectivity index (χ0n) is 12.5. The van der Waals surface area contributed by atoms with Crippen molar-refractivity contribution in [3.63, 3.8) is 0 Å². The van der Waals surface area contributed by atoms with E-state index in [0.717, 1.165) is 27.9 Å². The monoisotopic (exact) mass is 297 g/mol. The van der Waals surface area contributed by atoms with Gasteiger partial charge in [-0.15, -0.1) is 0 Å². The highest BCUT2D eigenvalue weighted by Crippen LogP contribution is 2.29. The van der Waals surface area contributed by atoms with E-state index in [1.165, 1.54) is 12.1 Å². The van der Waals surface area contributed by atoms with Gasteiger partial charge in [-0.25, -0.2) is 4.39 Å². The van der Waals surface area contributed by atoms with E-state index in [0.29, 0.717) is 12.4 Å². The van der Waals surface area contributed by atoms with Crippen LogP contribution in [0, 0.1) is 12.7 Å². The van der Waals surface area contributed by atoms with Gasteiger partial charge in [0.25, 0.3) is 0 Å². The Morgan fingerprint density at radius 2 is 1.95 bits per heavy atom. The van der Waals surface area contributed by atoms with Gasteiger partial charge in [-0.2, -0.15) is 0 Å². The first kappa shape index (κ1) is 14.3. The lowest BCUT2D eigenvalue weighted by atomic mass is 10.1. The molecule has 0 bridgehead atoms. The summed E-state index contributed by atoms with van der Waals surface area (Å²) in [5.74, 6) is 1.19. The lowest BCUT2D eigenvalue weighted by molar-refractivity contribution is 0.309. The predicted molar refractivity (Wildman–Crippen MR) is 83.8 cm³/mol. The number of nitrogens with zero attached hydrogens (tertiary/aromatic N) is 1. The van der Waals surface area contributed by atoms with E-state index in [2.05, 4.69) is 4.98 Å². The van der Waals surface area contributed by atoms with Crippen molar-refractivity contribution in [3.8, 4) is 11.5 Å². The molecule has 0 unspecified atom stereocenters. The number of hydrogen-bond acceptors (Lipinski definition) is 3. The second-order valence-electron chi connectivity index (χ2n) is 5.06. The van der Waals surface area contributed by atoms with E-state index in [1.807, 2.05) is 37.3 Å². The number of benzene rings is 2. The van der Waals surface area contributed by atoms with Crippen molar-refractivity contribution in [2.24, 2.45) is 0 Å². The smallest absolute Gasteiger partial charge is 0.131 e. The maximum absolute atomic E-state index is 13.2. The molecule has 0 fully saturated rings. The molecule has 3 aromatic rings. The number of halogens is 1. The van der Waals surface area contributed by atoms with Gasteiger partial charge in [-0.1, -0.05) is 12.1 Å². The molecule has 0 saturated heterocycles. The minimum Gasteiger partial charge on any atom is -0.497 e. The Kier molecular flexibility index (Phi) is 3.92. The van der Waals surface area contributed by atoms with Crippen molar-refractivity contribution in [1.29, 1.82) is 0 Å². The molecule has 0 atom stereocenters. The van der Waals surface area contributed by atoms with Crippen molar-refractivity contribution in [2.75, 3.05) is 7.11 Å². The summed E-state index contributed by atoms with van der Waals surface area (Å²) in [4.78, 5) is 4.49. The van der Waals surface area contributed by atoms with Crippen LogP contribution in [-0.2, 0) is 6.61 Å². The summed E-state index contributed by atoms with van der Waals surface area (Å²) in [7, 11) is 1.62. The van der Waals surface area contributed by atoms with Crippen LogP contribution in [0.4, 0.5) is 4.39 Å². The van der Waals surface area contributed by atoms with Crippen molar-refractivity contribution >= 4 is 10.9 Å². The van der Waals surface area contributed by atoms with Crippen LogP contribution in [0.1, 0.15) is 11.3 Å². The Labute approximate surface area is 128 Å². The number of aromatic nitrogens is 1. The fourth-order valence-electron chi connectivity index (χ4n) is 2.33. The van der Waals surface area contributed by atoms with Gasteiger partial charge in [0.1, 0.15) is 23.9 Å². The zero-order chi connectivity index (χ0) is 15.5. The minimum absolute atomic E-state index is 0.265. The van der Waals surface area contributed by atoms with Crippen molar-refractivity contribution < 1.29 is 13.9 Å². The molecule has 112 valence electrons.